The fraction of sp³-hybridized carbons (Fsp3) is 0.583. The van der Waals surface area contributed by atoms with Gasteiger partial charge in [0.25, 0.3) is 0 Å². The summed E-state index contributed by atoms with van der Waals surface area (Å²) < 4.78 is 0. The van der Waals surface area contributed by atoms with E-state index in [0.29, 0.717) is 5.41 Å². The Bertz CT molecular complexity index is 561. The van der Waals surface area contributed by atoms with E-state index in [1.807, 2.05) is 0 Å². The quantitative estimate of drug-likeness (QED) is 0.491. The molecule has 0 heterocycles. The molecule has 0 N–H and O–H groups in total. The van der Waals surface area contributed by atoms with Crippen molar-refractivity contribution in [3.8, 4) is 0 Å². The van der Waals surface area contributed by atoms with E-state index < -0.39 is 0 Å². The van der Waals surface area contributed by atoms with Gasteiger partial charge in [-0.3, -0.25) is 0 Å². The fourth-order valence-corrected chi connectivity index (χ4v) is 3.86. The van der Waals surface area contributed by atoms with Crippen LogP contribution in [0.15, 0.2) is 54.1 Å². The number of allylic oxidation sites excluding steroid dienone is 4. The summed E-state index contributed by atoms with van der Waals surface area (Å²) >= 11 is 0. The van der Waals surface area contributed by atoms with Crippen LogP contribution < -0.4 is 0 Å². The molecular weight excluding hydrogens is 288 g/mol. The molecule has 2 atom stereocenters. The van der Waals surface area contributed by atoms with E-state index in [1.165, 1.54) is 37.7 Å². The molecule has 0 bridgehead atoms. The molecule has 132 valence electrons. The van der Waals surface area contributed by atoms with Crippen molar-refractivity contribution in [3.05, 3.63) is 59.7 Å². The average Bonchev–Trinajstić information content (AvgIpc) is 2.81. The fourth-order valence-electron chi connectivity index (χ4n) is 3.86. The van der Waals surface area contributed by atoms with Gasteiger partial charge in [-0.2, -0.15) is 0 Å². The summed E-state index contributed by atoms with van der Waals surface area (Å²) in [5, 5.41) is 0. The second-order valence-corrected chi connectivity index (χ2v) is 8.70. The van der Waals surface area contributed by atoms with Gasteiger partial charge in [0.2, 0.25) is 0 Å². The Kier molecular flexibility index (Phi) is 6.49. The maximum atomic E-state index is 2.55. The summed E-state index contributed by atoms with van der Waals surface area (Å²) in [6.45, 7) is 11.9. The van der Waals surface area contributed by atoms with E-state index in [0.717, 1.165) is 12.3 Å². The summed E-state index contributed by atoms with van der Waals surface area (Å²) in [6.07, 6.45) is 14.8. The van der Waals surface area contributed by atoms with Crippen LogP contribution >= 0.6 is 0 Å². The highest BCUT2D eigenvalue weighted by Crippen LogP contribution is 2.39. The number of hydrogen-bond acceptors (Lipinski definition) is 0. The van der Waals surface area contributed by atoms with Crippen molar-refractivity contribution in [3.63, 3.8) is 0 Å². The topological polar surface area (TPSA) is 0 Å². The number of benzene rings is 1. The van der Waals surface area contributed by atoms with Crippen molar-refractivity contribution in [2.24, 2.45) is 16.7 Å². The average molecular weight is 325 g/mol. The van der Waals surface area contributed by atoms with Crippen molar-refractivity contribution in [2.45, 2.75) is 73.1 Å². The van der Waals surface area contributed by atoms with Gasteiger partial charge in [0.05, 0.1) is 0 Å². The van der Waals surface area contributed by atoms with Gasteiger partial charge in [-0.25, -0.2) is 0 Å². The zero-order valence-corrected chi connectivity index (χ0v) is 16.4. The van der Waals surface area contributed by atoms with Crippen molar-refractivity contribution in [1.82, 2.24) is 0 Å². The molecule has 24 heavy (non-hydrogen) atoms. The number of hydrogen-bond donors (Lipinski definition) is 0. The molecular formula is C24H36. The van der Waals surface area contributed by atoms with Gasteiger partial charge in [0, 0.05) is 0 Å². The molecule has 0 heteroatoms. The van der Waals surface area contributed by atoms with Crippen LogP contribution in [0.25, 0.3) is 0 Å². The second kappa shape index (κ2) is 8.19. The maximum Gasteiger partial charge on any atom is -0.00408 e. The van der Waals surface area contributed by atoms with Crippen molar-refractivity contribution < 1.29 is 0 Å². The summed E-state index contributed by atoms with van der Waals surface area (Å²) in [6, 6.07) is 11.0. The van der Waals surface area contributed by atoms with Gasteiger partial charge in [-0.15, -0.1) is 0 Å². The Morgan fingerprint density at radius 3 is 2.29 bits per heavy atom. The van der Waals surface area contributed by atoms with Crippen LogP contribution in [0.4, 0.5) is 0 Å². The minimum Gasteiger partial charge on any atom is -0.0840 e. The molecule has 0 saturated carbocycles. The van der Waals surface area contributed by atoms with E-state index in [9.17, 15) is 0 Å². The van der Waals surface area contributed by atoms with Crippen LogP contribution in [-0.2, 0) is 6.42 Å². The smallest absolute Gasteiger partial charge is 0.00408 e. The Morgan fingerprint density at radius 1 is 0.958 bits per heavy atom. The molecule has 0 spiro atoms. The highest BCUT2D eigenvalue weighted by Gasteiger charge is 2.28. The summed E-state index contributed by atoms with van der Waals surface area (Å²) in [5.41, 5.74) is 3.71. The molecule has 0 radical (unpaired) electrons. The first-order valence-corrected chi connectivity index (χ1v) is 9.79. The van der Waals surface area contributed by atoms with Gasteiger partial charge in [0.15, 0.2) is 0 Å². The first-order valence-electron chi connectivity index (χ1n) is 9.79. The lowest BCUT2D eigenvalue weighted by atomic mass is 9.74. The molecule has 1 aliphatic rings. The molecule has 0 fully saturated rings. The van der Waals surface area contributed by atoms with Crippen LogP contribution in [-0.4, -0.2) is 0 Å². The van der Waals surface area contributed by atoms with Gasteiger partial charge in [-0.05, 0) is 60.0 Å². The van der Waals surface area contributed by atoms with Crippen LogP contribution in [0.1, 0.15) is 72.3 Å². The summed E-state index contributed by atoms with van der Waals surface area (Å²) in [4.78, 5) is 0. The standard InChI is InChI=1S/C24H36/c1-6-23(3,4)18-21-14-11-15-22(17-16-21)24(5,7-2)19-20-12-9-8-10-13-20/h8-13,15,17,21H,6-7,14,16,18-19H2,1-5H3/t21-,24?/m0/s1. The minimum absolute atomic E-state index is 0.243. The van der Waals surface area contributed by atoms with Crippen LogP contribution in [0, 0.1) is 16.7 Å². The zero-order chi connectivity index (χ0) is 17.6. The second-order valence-electron chi connectivity index (χ2n) is 8.70. The predicted molar refractivity (Wildman–Crippen MR) is 107 cm³/mol. The molecule has 2 rings (SSSR count). The first-order chi connectivity index (χ1) is 11.4. The van der Waals surface area contributed by atoms with E-state index in [1.54, 1.807) is 5.57 Å². The van der Waals surface area contributed by atoms with Gasteiger partial charge in [-0.1, -0.05) is 89.6 Å². The first kappa shape index (κ1) is 19.0. The normalized spacial score (nSPS) is 21.0. The van der Waals surface area contributed by atoms with Gasteiger partial charge >= 0.3 is 0 Å². The molecule has 1 aromatic rings. The molecule has 0 saturated heterocycles. The predicted octanol–water partition coefficient (Wildman–Crippen LogP) is 7.36. The summed E-state index contributed by atoms with van der Waals surface area (Å²) in [7, 11) is 0. The lowest BCUT2D eigenvalue weighted by Gasteiger charge is -2.30. The highest BCUT2D eigenvalue weighted by molar-refractivity contribution is 5.31. The van der Waals surface area contributed by atoms with Crippen molar-refractivity contribution >= 4 is 0 Å². The van der Waals surface area contributed by atoms with E-state index in [4.69, 9.17) is 0 Å². The molecule has 1 aromatic carbocycles. The Labute approximate surface area is 150 Å². The van der Waals surface area contributed by atoms with Gasteiger partial charge in [0.1, 0.15) is 0 Å². The molecule has 0 aromatic heterocycles. The van der Waals surface area contributed by atoms with Crippen molar-refractivity contribution in [1.29, 1.82) is 0 Å². The minimum atomic E-state index is 0.243. The third kappa shape index (κ3) is 5.10. The Morgan fingerprint density at radius 2 is 1.67 bits per heavy atom. The largest absolute Gasteiger partial charge is 0.0840 e. The third-order valence-corrected chi connectivity index (χ3v) is 6.15. The number of rotatable bonds is 7. The maximum absolute atomic E-state index is 2.55. The zero-order valence-electron chi connectivity index (χ0n) is 16.4. The van der Waals surface area contributed by atoms with Crippen LogP contribution in [0.5, 0.6) is 0 Å². The lowest BCUT2D eigenvalue weighted by molar-refractivity contribution is 0.258. The summed E-state index contributed by atoms with van der Waals surface area (Å²) in [5.74, 6) is 0.798. The molecule has 1 unspecified atom stereocenters. The van der Waals surface area contributed by atoms with Crippen LogP contribution in [0.3, 0.4) is 0 Å². The monoisotopic (exact) mass is 324 g/mol. The Balaban J connectivity index is 2.12. The molecule has 1 aliphatic carbocycles. The molecule has 0 aliphatic heterocycles. The SMILES string of the molecule is CCC(C)(C)C[C@H]1CC=CC(C(C)(CC)Cc2ccccc2)=CC1. The van der Waals surface area contributed by atoms with Crippen molar-refractivity contribution in [2.75, 3.05) is 0 Å². The lowest BCUT2D eigenvalue weighted by Crippen LogP contribution is -2.21. The molecule has 0 nitrogen and oxygen atoms in total. The van der Waals surface area contributed by atoms with E-state index in [-0.39, 0.29) is 5.41 Å². The van der Waals surface area contributed by atoms with Crippen LogP contribution in [0.2, 0.25) is 0 Å². The van der Waals surface area contributed by atoms with Gasteiger partial charge < -0.3 is 0 Å². The van der Waals surface area contributed by atoms with E-state index in [2.05, 4.69) is 83.2 Å². The molecule has 0 amide bonds. The Hall–Kier alpha value is -1.30. The van der Waals surface area contributed by atoms with E-state index >= 15 is 0 Å². The third-order valence-electron chi connectivity index (χ3n) is 6.15. The highest BCUT2D eigenvalue weighted by atomic mass is 14.3.